The molecule has 0 aromatic heterocycles. The molecule has 0 aliphatic carbocycles. The molecule has 3 nitrogen and oxygen atoms in total. The third-order valence-electron chi connectivity index (χ3n) is 2.76. The molecule has 1 unspecified atom stereocenters. The highest BCUT2D eigenvalue weighted by atomic mass is 16.7. The normalized spacial score (nSPS) is 12.2. The van der Waals surface area contributed by atoms with Gasteiger partial charge in [-0.15, -0.1) is 0 Å². The average Bonchev–Trinajstić information content (AvgIpc) is 2.32. The highest BCUT2D eigenvalue weighted by Crippen LogP contribution is 2.25. The molecule has 0 aliphatic rings. The van der Waals surface area contributed by atoms with Crippen LogP contribution in [0.15, 0.2) is 24.3 Å². The summed E-state index contributed by atoms with van der Waals surface area (Å²) in [6.07, 6.45) is 2.74. The van der Waals surface area contributed by atoms with E-state index in [2.05, 4.69) is 17.8 Å². The number of benzene rings is 1. The molecule has 1 atom stereocenters. The number of hydrogen-bond donors (Lipinski definition) is 1. The van der Waals surface area contributed by atoms with Crippen molar-refractivity contribution in [3.63, 3.8) is 0 Å². The van der Waals surface area contributed by atoms with Crippen molar-refractivity contribution in [3.8, 4) is 0 Å². The van der Waals surface area contributed by atoms with Crippen molar-refractivity contribution < 1.29 is 9.63 Å². The van der Waals surface area contributed by atoms with Crippen LogP contribution in [0.1, 0.15) is 43.7 Å². The van der Waals surface area contributed by atoms with Crippen molar-refractivity contribution in [1.82, 2.24) is 0 Å². The van der Waals surface area contributed by atoms with Crippen LogP contribution in [-0.4, -0.2) is 5.97 Å². The molecule has 16 heavy (non-hydrogen) atoms. The Balaban J connectivity index is 3.03. The van der Waals surface area contributed by atoms with Gasteiger partial charge in [-0.1, -0.05) is 44.5 Å². The van der Waals surface area contributed by atoms with Crippen molar-refractivity contribution in [1.29, 1.82) is 0 Å². The van der Waals surface area contributed by atoms with Gasteiger partial charge in [0.25, 0.3) is 0 Å². The molecule has 0 fully saturated rings. The fourth-order valence-corrected chi connectivity index (χ4v) is 1.97. The van der Waals surface area contributed by atoms with E-state index in [1.807, 2.05) is 25.1 Å². The monoisotopic (exact) mass is 221 g/mol. The first-order valence-corrected chi connectivity index (χ1v) is 5.72. The zero-order valence-corrected chi connectivity index (χ0v) is 9.90. The third kappa shape index (κ3) is 2.83. The van der Waals surface area contributed by atoms with Gasteiger partial charge in [0.2, 0.25) is 0 Å². The van der Waals surface area contributed by atoms with E-state index in [9.17, 15) is 4.79 Å². The van der Waals surface area contributed by atoms with E-state index in [1.54, 1.807) is 0 Å². The van der Waals surface area contributed by atoms with Gasteiger partial charge in [-0.2, -0.15) is 5.90 Å². The highest BCUT2D eigenvalue weighted by Gasteiger charge is 2.21. The van der Waals surface area contributed by atoms with E-state index in [0.717, 1.165) is 18.4 Å². The molecule has 2 N–H and O–H groups in total. The van der Waals surface area contributed by atoms with Crippen LogP contribution in [0, 0.1) is 0 Å². The molecule has 0 aliphatic heterocycles. The molecule has 1 aromatic rings. The predicted molar refractivity (Wildman–Crippen MR) is 63.7 cm³/mol. The number of aryl methyl sites for hydroxylation is 1. The summed E-state index contributed by atoms with van der Waals surface area (Å²) in [7, 11) is 0. The summed E-state index contributed by atoms with van der Waals surface area (Å²) in [6, 6.07) is 7.98. The molecule has 0 heterocycles. The van der Waals surface area contributed by atoms with Crippen LogP contribution < -0.4 is 5.90 Å². The first-order valence-electron chi connectivity index (χ1n) is 5.72. The van der Waals surface area contributed by atoms with Gasteiger partial charge in [0.05, 0.1) is 5.92 Å². The molecule has 0 amide bonds. The Morgan fingerprint density at radius 3 is 2.62 bits per heavy atom. The minimum atomic E-state index is -0.356. The molecule has 1 aromatic carbocycles. The summed E-state index contributed by atoms with van der Waals surface area (Å²) >= 11 is 0. The van der Waals surface area contributed by atoms with E-state index < -0.39 is 0 Å². The molecule has 0 saturated heterocycles. The maximum atomic E-state index is 11.6. The number of hydrogen-bond acceptors (Lipinski definition) is 3. The van der Waals surface area contributed by atoms with Crippen LogP contribution in [0.4, 0.5) is 0 Å². The minimum absolute atomic E-state index is 0.243. The Bertz CT molecular complexity index is 350. The first-order chi connectivity index (χ1) is 7.74. The number of carbonyl (C=O) groups is 1. The summed E-state index contributed by atoms with van der Waals surface area (Å²) in [5.74, 6) is 4.36. The average molecular weight is 221 g/mol. The van der Waals surface area contributed by atoms with Crippen LogP contribution in [0.2, 0.25) is 0 Å². The highest BCUT2D eigenvalue weighted by molar-refractivity contribution is 5.78. The molecule has 1 rings (SSSR count). The quantitative estimate of drug-likeness (QED) is 0.777. The topological polar surface area (TPSA) is 52.3 Å². The second-order valence-corrected chi connectivity index (χ2v) is 3.85. The molecule has 0 saturated carbocycles. The van der Waals surface area contributed by atoms with Gasteiger partial charge in [-0.25, -0.2) is 4.79 Å². The van der Waals surface area contributed by atoms with E-state index in [1.165, 1.54) is 5.56 Å². The van der Waals surface area contributed by atoms with Gasteiger partial charge in [-0.05, 0) is 24.0 Å². The summed E-state index contributed by atoms with van der Waals surface area (Å²) in [5.41, 5.74) is 2.25. The van der Waals surface area contributed by atoms with Crippen molar-refractivity contribution in [2.24, 2.45) is 5.90 Å². The summed E-state index contributed by atoms with van der Waals surface area (Å²) in [6.45, 7) is 4.09. The zero-order chi connectivity index (χ0) is 12.0. The van der Waals surface area contributed by atoms with Crippen LogP contribution in [-0.2, 0) is 16.1 Å². The van der Waals surface area contributed by atoms with Crippen LogP contribution >= 0.6 is 0 Å². The number of nitrogens with two attached hydrogens (primary N) is 1. The number of carbonyl (C=O) groups excluding carboxylic acids is 1. The largest absolute Gasteiger partial charge is 0.373 e. The maximum absolute atomic E-state index is 11.6. The van der Waals surface area contributed by atoms with Gasteiger partial charge < -0.3 is 4.84 Å². The molecular weight excluding hydrogens is 202 g/mol. The SMILES string of the molecule is CCCc1ccccc1C(CC)C(=O)ON. The van der Waals surface area contributed by atoms with Crippen molar-refractivity contribution in [2.45, 2.75) is 39.0 Å². The van der Waals surface area contributed by atoms with Crippen LogP contribution in [0.25, 0.3) is 0 Å². The second-order valence-electron chi connectivity index (χ2n) is 3.85. The van der Waals surface area contributed by atoms with E-state index >= 15 is 0 Å². The molecular formula is C13H19NO2. The van der Waals surface area contributed by atoms with Gasteiger partial charge in [0, 0.05) is 0 Å². The van der Waals surface area contributed by atoms with Crippen molar-refractivity contribution >= 4 is 5.97 Å². The lowest BCUT2D eigenvalue weighted by atomic mass is 9.90. The number of rotatable bonds is 5. The first kappa shape index (κ1) is 12.7. The van der Waals surface area contributed by atoms with Gasteiger partial charge in [0.1, 0.15) is 0 Å². The lowest BCUT2D eigenvalue weighted by Crippen LogP contribution is -2.19. The van der Waals surface area contributed by atoms with E-state index in [4.69, 9.17) is 5.90 Å². The fraction of sp³-hybridized carbons (Fsp3) is 0.462. The lowest BCUT2D eigenvalue weighted by Gasteiger charge is -2.16. The van der Waals surface area contributed by atoms with Crippen molar-refractivity contribution in [2.75, 3.05) is 0 Å². The van der Waals surface area contributed by atoms with Gasteiger partial charge in [0.15, 0.2) is 0 Å². The predicted octanol–water partition coefficient (Wildman–Crippen LogP) is 2.55. The molecule has 0 radical (unpaired) electrons. The third-order valence-corrected chi connectivity index (χ3v) is 2.76. The Hall–Kier alpha value is -1.35. The molecule has 88 valence electrons. The van der Waals surface area contributed by atoms with Gasteiger partial charge >= 0.3 is 5.97 Å². The smallest absolute Gasteiger partial charge is 0.331 e. The Morgan fingerprint density at radius 2 is 2.06 bits per heavy atom. The second kappa shape index (κ2) is 6.28. The van der Waals surface area contributed by atoms with E-state index in [0.29, 0.717) is 6.42 Å². The molecule has 0 spiro atoms. The Morgan fingerprint density at radius 1 is 1.38 bits per heavy atom. The minimum Gasteiger partial charge on any atom is -0.373 e. The Kier molecular flexibility index (Phi) is 4.99. The Labute approximate surface area is 96.6 Å². The maximum Gasteiger partial charge on any atom is 0.331 e. The van der Waals surface area contributed by atoms with Gasteiger partial charge in [-0.3, -0.25) is 0 Å². The van der Waals surface area contributed by atoms with Crippen LogP contribution in [0.3, 0.4) is 0 Å². The van der Waals surface area contributed by atoms with Crippen LogP contribution in [0.5, 0.6) is 0 Å². The van der Waals surface area contributed by atoms with Crippen molar-refractivity contribution in [3.05, 3.63) is 35.4 Å². The lowest BCUT2D eigenvalue weighted by molar-refractivity contribution is -0.146. The fourth-order valence-electron chi connectivity index (χ4n) is 1.97. The molecule has 0 bridgehead atoms. The standard InChI is InChI=1S/C13H19NO2/c1-3-7-10-8-5-6-9-12(10)11(4-2)13(15)16-14/h5-6,8-9,11H,3-4,7,14H2,1-2H3. The zero-order valence-electron chi connectivity index (χ0n) is 9.90. The summed E-state index contributed by atoms with van der Waals surface area (Å²) in [5, 5.41) is 0. The summed E-state index contributed by atoms with van der Waals surface area (Å²) < 4.78 is 0. The summed E-state index contributed by atoms with van der Waals surface area (Å²) in [4.78, 5) is 15.9. The molecule has 3 heteroatoms. The van der Waals surface area contributed by atoms with E-state index in [-0.39, 0.29) is 11.9 Å².